The van der Waals surface area contributed by atoms with Gasteiger partial charge in [-0.2, -0.15) is 0 Å². The van der Waals surface area contributed by atoms with E-state index in [-0.39, 0.29) is 17.3 Å². The number of hydrogen-bond donors (Lipinski definition) is 2. The molecule has 2 aliphatic rings. The summed E-state index contributed by atoms with van der Waals surface area (Å²) in [5.74, 6) is 1.23. The number of piperidine rings is 1. The molecule has 0 spiro atoms. The van der Waals surface area contributed by atoms with Crippen LogP contribution >= 0.6 is 0 Å². The number of fused-ring (bicyclic) bond motifs is 1. The number of imidazole rings is 1. The van der Waals surface area contributed by atoms with Crippen molar-refractivity contribution in [3.63, 3.8) is 0 Å². The van der Waals surface area contributed by atoms with Crippen molar-refractivity contribution < 1.29 is 13.6 Å². The summed E-state index contributed by atoms with van der Waals surface area (Å²) in [4.78, 5) is 30.6. The van der Waals surface area contributed by atoms with Crippen LogP contribution in [0.5, 0.6) is 0 Å². The molecule has 0 bridgehead atoms. The number of nitrogens with two attached hydrogens (primary N) is 1. The summed E-state index contributed by atoms with van der Waals surface area (Å²) < 4.78 is 27.9. The quantitative estimate of drug-likeness (QED) is 0.290. The molecule has 2 fully saturated rings. The number of rotatable bonds is 6. The van der Waals surface area contributed by atoms with Crippen molar-refractivity contribution in [3.05, 3.63) is 71.9 Å². The molecule has 11 heteroatoms. The number of alkyl halides is 2. The lowest BCUT2D eigenvalue weighted by atomic mass is 9.98. The van der Waals surface area contributed by atoms with Gasteiger partial charge in [0.2, 0.25) is 0 Å². The maximum atomic E-state index is 12.9. The van der Waals surface area contributed by atoms with E-state index in [2.05, 4.69) is 46.1 Å². The molecule has 3 aromatic heterocycles. The predicted molar refractivity (Wildman–Crippen MR) is 165 cm³/mol. The standard InChI is InChI=1S/C25H25F2N7O.C7H15N/c1-33-11-2-3-18(14-33)24-32-20(21-23(28)30-10-12-34(21)24)15-4-6-16(7-5-15)25(35)31-19-13-17(22(26)27)8-9-29-19;1-3-7-5-4-6-8(7)2/h4-10,12-13,18,22H,2-3,11,14H2,1H3,(H2,28,30)(H,29,31,35);7H,3-6H2,1-2H3/t18-;7-/m11/s1. The van der Waals surface area contributed by atoms with Crippen LogP contribution in [0.15, 0.2) is 55.0 Å². The van der Waals surface area contributed by atoms with E-state index in [0.717, 1.165) is 54.9 Å². The van der Waals surface area contributed by atoms with Gasteiger partial charge < -0.3 is 20.9 Å². The molecule has 0 aliphatic carbocycles. The number of carbonyl (C=O) groups is 1. The van der Waals surface area contributed by atoms with Crippen LogP contribution in [0.1, 0.15) is 73.1 Å². The topological polar surface area (TPSA) is 105 Å². The van der Waals surface area contributed by atoms with E-state index < -0.39 is 12.3 Å². The molecule has 1 aromatic carbocycles. The molecule has 0 unspecified atom stereocenters. The number of likely N-dealkylation sites (tertiary alicyclic amines) is 2. The Morgan fingerprint density at radius 2 is 1.84 bits per heavy atom. The first-order valence-electron chi connectivity index (χ1n) is 14.9. The van der Waals surface area contributed by atoms with Gasteiger partial charge in [-0.25, -0.2) is 23.7 Å². The average Bonchev–Trinajstić information content (AvgIpc) is 3.62. The summed E-state index contributed by atoms with van der Waals surface area (Å²) in [5.41, 5.74) is 8.65. The Labute approximate surface area is 251 Å². The molecular weight excluding hydrogens is 550 g/mol. The minimum absolute atomic E-state index is 0.0675. The van der Waals surface area contributed by atoms with Crippen LogP contribution in [0.2, 0.25) is 0 Å². The number of nitrogens with zero attached hydrogens (tertiary/aromatic N) is 6. The van der Waals surface area contributed by atoms with E-state index in [1.54, 1.807) is 30.5 Å². The molecule has 4 aromatic rings. The second-order valence-corrected chi connectivity index (χ2v) is 11.4. The highest BCUT2D eigenvalue weighted by molar-refractivity contribution is 6.04. The lowest BCUT2D eigenvalue weighted by Gasteiger charge is -2.28. The predicted octanol–water partition coefficient (Wildman–Crippen LogP) is 5.86. The van der Waals surface area contributed by atoms with E-state index in [0.29, 0.717) is 17.1 Å². The Bertz CT molecular complexity index is 1540. The van der Waals surface area contributed by atoms with Crippen LogP contribution in [0, 0.1) is 0 Å². The van der Waals surface area contributed by atoms with E-state index in [1.807, 2.05) is 10.6 Å². The molecule has 43 heavy (non-hydrogen) atoms. The van der Waals surface area contributed by atoms with Crippen LogP contribution in [-0.2, 0) is 0 Å². The second kappa shape index (κ2) is 13.6. The Balaban J connectivity index is 0.000000400. The number of likely N-dealkylation sites (N-methyl/N-ethyl adjacent to an activating group) is 1. The van der Waals surface area contributed by atoms with Crippen molar-refractivity contribution in [2.45, 2.75) is 57.4 Å². The minimum atomic E-state index is -2.64. The first kappa shape index (κ1) is 30.5. The number of pyridine rings is 1. The van der Waals surface area contributed by atoms with E-state index in [1.165, 1.54) is 38.1 Å². The smallest absolute Gasteiger partial charge is 0.264 e. The molecule has 228 valence electrons. The second-order valence-electron chi connectivity index (χ2n) is 11.4. The van der Waals surface area contributed by atoms with E-state index in [4.69, 9.17) is 10.7 Å². The highest BCUT2D eigenvalue weighted by Crippen LogP contribution is 2.33. The molecule has 3 N–H and O–H groups in total. The first-order chi connectivity index (χ1) is 20.7. The van der Waals surface area contributed by atoms with Crippen LogP contribution in [-0.4, -0.2) is 74.8 Å². The van der Waals surface area contributed by atoms with E-state index >= 15 is 0 Å². The highest BCUT2D eigenvalue weighted by atomic mass is 19.3. The largest absolute Gasteiger partial charge is 0.382 e. The first-order valence-corrected chi connectivity index (χ1v) is 14.9. The zero-order chi connectivity index (χ0) is 30.5. The number of anilines is 2. The number of nitrogen functional groups attached to an aromatic ring is 1. The molecule has 5 heterocycles. The SMILES string of the molecule is CC[C@@H]1CCCN1C.CN1CCC[C@@H](c2nc(-c3ccc(C(=O)Nc4cc(C(F)F)ccn4)cc3)c3c(N)nccn23)C1. The Hall–Kier alpha value is -3.96. The Morgan fingerprint density at radius 1 is 1.07 bits per heavy atom. The van der Waals surface area contributed by atoms with Gasteiger partial charge in [-0.05, 0) is 83.6 Å². The summed E-state index contributed by atoms with van der Waals surface area (Å²) in [6.07, 6.45) is 8.47. The molecule has 0 radical (unpaired) electrons. The zero-order valence-electron chi connectivity index (χ0n) is 25.0. The average molecular weight is 591 g/mol. The van der Waals surface area contributed by atoms with Gasteiger partial charge in [0, 0.05) is 53.8 Å². The van der Waals surface area contributed by atoms with Gasteiger partial charge in [0.15, 0.2) is 0 Å². The summed E-state index contributed by atoms with van der Waals surface area (Å²) in [6.45, 7) is 5.58. The molecule has 2 atom stereocenters. The summed E-state index contributed by atoms with van der Waals surface area (Å²) in [5, 5.41) is 2.56. The van der Waals surface area contributed by atoms with Gasteiger partial charge in [0.1, 0.15) is 28.7 Å². The number of aromatic nitrogens is 4. The third-order valence-corrected chi connectivity index (χ3v) is 8.44. The molecule has 2 saturated heterocycles. The van der Waals surface area contributed by atoms with Crippen molar-refractivity contribution in [2.75, 3.05) is 44.8 Å². The summed E-state index contributed by atoms with van der Waals surface area (Å²) >= 11 is 0. The van der Waals surface area contributed by atoms with Crippen LogP contribution in [0.25, 0.3) is 16.8 Å². The highest BCUT2D eigenvalue weighted by Gasteiger charge is 2.26. The van der Waals surface area contributed by atoms with Crippen molar-refractivity contribution in [3.8, 4) is 11.3 Å². The summed E-state index contributed by atoms with van der Waals surface area (Å²) in [7, 11) is 4.34. The number of benzene rings is 1. The lowest BCUT2D eigenvalue weighted by Crippen LogP contribution is -2.31. The number of carbonyl (C=O) groups excluding carboxylic acids is 1. The van der Waals surface area contributed by atoms with Crippen LogP contribution in [0.3, 0.4) is 0 Å². The molecule has 1 amide bonds. The maximum Gasteiger partial charge on any atom is 0.264 e. The fraction of sp³-hybridized carbons (Fsp3) is 0.438. The van der Waals surface area contributed by atoms with Gasteiger partial charge in [-0.15, -0.1) is 0 Å². The fourth-order valence-corrected chi connectivity index (χ4v) is 6.07. The zero-order valence-corrected chi connectivity index (χ0v) is 25.0. The fourth-order valence-electron chi connectivity index (χ4n) is 6.07. The van der Waals surface area contributed by atoms with Crippen LogP contribution < -0.4 is 11.1 Å². The molecular formula is C32H40F2N8O. The maximum absolute atomic E-state index is 12.9. The third kappa shape index (κ3) is 7.00. The van der Waals surface area contributed by atoms with Crippen molar-refractivity contribution in [1.29, 1.82) is 0 Å². The van der Waals surface area contributed by atoms with Crippen molar-refractivity contribution in [1.82, 2.24) is 29.2 Å². The van der Waals surface area contributed by atoms with Crippen LogP contribution in [0.4, 0.5) is 20.4 Å². The molecule has 9 nitrogen and oxygen atoms in total. The van der Waals surface area contributed by atoms with Gasteiger partial charge in [-0.1, -0.05) is 19.1 Å². The van der Waals surface area contributed by atoms with Gasteiger partial charge in [-0.3, -0.25) is 9.20 Å². The lowest BCUT2D eigenvalue weighted by molar-refractivity contribution is 0.102. The molecule has 2 aliphatic heterocycles. The molecule has 0 saturated carbocycles. The van der Waals surface area contributed by atoms with E-state index in [9.17, 15) is 13.6 Å². The number of amides is 1. The number of hydrogen-bond acceptors (Lipinski definition) is 7. The molecule has 6 rings (SSSR count). The Kier molecular flexibility index (Phi) is 9.62. The third-order valence-electron chi connectivity index (χ3n) is 8.44. The summed E-state index contributed by atoms with van der Waals surface area (Å²) in [6, 6.07) is 10.2. The monoisotopic (exact) mass is 590 g/mol. The number of halogens is 2. The number of nitrogens with one attached hydrogen (secondary N) is 1. The minimum Gasteiger partial charge on any atom is -0.382 e. The Morgan fingerprint density at radius 3 is 2.49 bits per heavy atom. The van der Waals surface area contributed by atoms with Gasteiger partial charge >= 0.3 is 0 Å². The van der Waals surface area contributed by atoms with Crippen molar-refractivity contribution >= 4 is 23.1 Å². The van der Waals surface area contributed by atoms with Gasteiger partial charge in [0.05, 0.1) is 0 Å². The van der Waals surface area contributed by atoms with Gasteiger partial charge in [0.25, 0.3) is 12.3 Å². The van der Waals surface area contributed by atoms with Crippen molar-refractivity contribution in [2.24, 2.45) is 0 Å². The normalized spacial score (nSPS) is 19.4.